The molecule has 0 aromatic heterocycles. The predicted molar refractivity (Wildman–Crippen MR) is 74.2 cm³/mol. The van der Waals surface area contributed by atoms with Crippen LogP contribution in [0.25, 0.3) is 0 Å². The first-order valence-corrected chi connectivity index (χ1v) is 6.82. The lowest BCUT2D eigenvalue weighted by molar-refractivity contribution is 0.00578. The third-order valence-corrected chi connectivity index (χ3v) is 3.95. The average molecular weight is 238 g/mol. The molecule has 0 radical (unpaired) electrons. The molecule has 1 atom stereocenters. The summed E-state index contributed by atoms with van der Waals surface area (Å²) in [4.78, 5) is 0. The Bertz CT molecular complexity index is 255. The van der Waals surface area contributed by atoms with Crippen molar-refractivity contribution in [1.82, 2.24) is 0 Å². The van der Waals surface area contributed by atoms with Crippen LogP contribution in [-0.2, 0) is 9.31 Å². The van der Waals surface area contributed by atoms with Gasteiger partial charge in [0.05, 0.1) is 11.2 Å². The Hall–Kier alpha value is -0.275. The molecule has 0 aromatic carbocycles. The Kier molecular flexibility index (Phi) is 4.85. The summed E-state index contributed by atoms with van der Waals surface area (Å²) in [5.41, 5.74) is -0.437. The summed E-state index contributed by atoms with van der Waals surface area (Å²) in [5, 5.41) is 0. The van der Waals surface area contributed by atoms with Gasteiger partial charge in [-0.05, 0) is 41.0 Å². The van der Waals surface area contributed by atoms with E-state index in [0.717, 1.165) is 6.42 Å². The highest BCUT2D eigenvalue weighted by molar-refractivity contribution is 6.48. The zero-order chi connectivity index (χ0) is 13.1. The van der Waals surface area contributed by atoms with Crippen molar-refractivity contribution in [2.45, 2.75) is 77.8 Å². The van der Waals surface area contributed by atoms with E-state index in [1.165, 1.54) is 12.8 Å². The highest BCUT2D eigenvalue weighted by atomic mass is 16.7. The van der Waals surface area contributed by atoms with Crippen molar-refractivity contribution in [2.75, 3.05) is 0 Å². The van der Waals surface area contributed by atoms with Crippen molar-refractivity contribution in [3.05, 3.63) is 12.2 Å². The molecule has 3 heteroatoms. The van der Waals surface area contributed by atoms with Gasteiger partial charge in [-0.2, -0.15) is 0 Å². The highest BCUT2D eigenvalue weighted by Crippen LogP contribution is 2.41. The van der Waals surface area contributed by atoms with Crippen LogP contribution in [0.5, 0.6) is 0 Å². The van der Waals surface area contributed by atoms with E-state index in [-0.39, 0.29) is 18.3 Å². The summed E-state index contributed by atoms with van der Waals surface area (Å²) in [6.07, 6.45) is 7.90. The molecule has 98 valence electrons. The molecule has 0 bridgehead atoms. The molecule has 0 saturated carbocycles. The molecule has 17 heavy (non-hydrogen) atoms. The van der Waals surface area contributed by atoms with Gasteiger partial charge < -0.3 is 9.31 Å². The first kappa shape index (κ1) is 14.8. The molecule has 1 aliphatic heterocycles. The van der Waals surface area contributed by atoms with Crippen molar-refractivity contribution in [1.29, 1.82) is 0 Å². The monoisotopic (exact) mass is 238 g/mol. The maximum absolute atomic E-state index is 6.10. The minimum absolute atomic E-state index is 0.0947. The molecule has 1 unspecified atom stereocenters. The fraction of sp³-hybridized carbons (Fsp3) is 0.857. The number of hydrogen-bond donors (Lipinski definition) is 0. The first-order valence-electron chi connectivity index (χ1n) is 6.82. The Morgan fingerprint density at radius 2 is 1.65 bits per heavy atom. The molecule has 1 heterocycles. The lowest BCUT2D eigenvalue weighted by Gasteiger charge is -2.32. The van der Waals surface area contributed by atoms with E-state index >= 15 is 0 Å². The van der Waals surface area contributed by atoms with Crippen molar-refractivity contribution < 1.29 is 9.31 Å². The van der Waals surface area contributed by atoms with Crippen molar-refractivity contribution in [2.24, 2.45) is 0 Å². The van der Waals surface area contributed by atoms with E-state index in [4.69, 9.17) is 9.31 Å². The van der Waals surface area contributed by atoms with Crippen LogP contribution < -0.4 is 0 Å². The van der Waals surface area contributed by atoms with Gasteiger partial charge >= 0.3 is 7.12 Å². The van der Waals surface area contributed by atoms with Crippen LogP contribution in [0.2, 0.25) is 5.82 Å². The number of hydrogen-bond acceptors (Lipinski definition) is 2. The smallest absolute Gasteiger partial charge is 0.403 e. The zero-order valence-electron chi connectivity index (χ0n) is 12.2. The molecule has 0 aliphatic carbocycles. The van der Waals surface area contributed by atoms with E-state index < -0.39 is 0 Å². The summed E-state index contributed by atoms with van der Waals surface area (Å²) in [5.74, 6) is 0.376. The fourth-order valence-electron chi connectivity index (χ4n) is 2.07. The topological polar surface area (TPSA) is 18.5 Å². The predicted octanol–water partition coefficient (Wildman–Crippen LogP) is 4.22. The molecular formula is C14H27BO2. The average Bonchev–Trinajstić information content (AvgIpc) is 2.43. The van der Waals surface area contributed by atoms with Gasteiger partial charge in [0.2, 0.25) is 0 Å². The standard InChI is InChI=1S/C14H27BO2/c1-7-9-11-12(10-8-2)15-16-13(3,4)14(5,6)17-15/h8,10,12H,7,9,11H2,1-6H3/b10-8+. The van der Waals surface area contributed by atoms with Crippen molar-refractivity contribution in [3.63, 3.8) is 0 Å². The summed E-state index contributed by atoms with van der Waals surface area (Å²) in [6.45, 7) is 12.7. The third-order valence-electron chi connectivity index (χ3n) is 3.95. The fourth-order valence-corrected chi connectivity index (χ4v) is 2.07. The minimum atomic E-state index is -0.219. The number of unbranched alkanes of at least 4 members (excludes halogenated alkanes) is 1. The van der Waals surface area contributed by atoms with Crippen molar-refractivity contribution >= 4 is 7.12 Å². The van der Waals surface area contributed by atoms with Crippen LogP contribution in [0.4, 0.5) is 0 Å². The maximum Gasteiger partial charge on any atom is 0.465 e. The molecule has 1 fully saturated rings. The molecule has 2 nitrogen and oxygen atoms in total. The van der Waals surface area contributed by atoms with Gasteiger partial charge in [0.25, 0.3) is 0 Å². The zero-order valence-corrected chi connectivity index (χ0v) is 12.2. The number of rotatable bonds is 5. The van der Waals surface area contributed by atoms with Gasteiger partial charge in [0, 0.05) is 5.82 Å². The van der Waals surface area contributed by atoms with Gasteiger partial charge in [-0.25, -0.2) is 0 Å². The molecule has 0 spiro atoms. The van der Waals surface area contributed by atoms with E-state index in [1.807, 2.05) is 0 Å². The quantitative estimate of drug-likeness (QED) is 0.527. The van der Waals surface area contributed by atoms with Crippen LogP contribution in [0, 0.1) is 0 Å². The molecule has 1 aliphatic rings. The maximum atomic E-state index is 6.10. The SMILES string of the molecule is C/C=C/C(CCCC)B1OC(C)(C)C(C)(C)O1. The second-order valence-electron chi connectivity index (χ2n) is 5.96. The highest BCUT2D eigenvalue weighted by Gasteiger charge is 2.52. The summed E-state index contributed by atoms with van der Waals surface area (Å²) >= 11 is 0. The lowest BCUT2D eigenvalue weighted by atomic mass is 9.69. The largest absolute Gasteiger partial charge is 0.465 e. The van der Waals surface area contributed by atoms with Gasteiger partial charge in [-0.15, -0.1) is 0 Å². The van der Waals surface area contributed by atoms with Crippen LogP contribution in [0.3, 0.4) is 0 Å². The second kappa shape index (κ2) is 5.58. The van der Waals surface area contributed by atoms with Gasteiger partial charge in [-0.3, -0.25) is 0 Å². The Labute approximate surface area is 107 Å². The Balaban J connectivity index is 2.71. The van der Waals surface area contributed by atoms with Gasteiger partial charge in [0.15, 0.2) is 0 Å². The summed E-state index contributed by atoms with van der Waals surface area (Å²) < 4.78 is 12.2. The Morgan fingerprint density at radius 1 is 1.12 bits per heavy atom. The lowest BCUT2D eigenvalue weighted by Crippen LogP contribution is -2.41. The van der Waals surface area contributed by atoms with Gasteiger partial charge in [0.1, 0.15) is 0 Å². The molecule has 0 N–H and O–H groups in total. The van der Waals surface area contributed by atoms with Gasteiger partial charge in [-0.1, -0.05) is 31.9 Å². The summed E-state index contributed by atoms with van der Waals surface area (Å²) in [7, 11) is -0.0947. The number of allylic oxidation sites excluding steroid dienone is 2. The molecule has 0 aromatic rings. The van der Waals surface area contributed by atoms with Crippen LogP contribution in [-0.4, -0.2) is 18.3 Å². The van der Waals surface area contributed by atoms with Crippen LogP contribution >= 0.6 is 0 Å². The van der Waals surface area contributed by atoms with E-state index in [9.17, 15) is 0 Å². The normalized spacial score (nSPS) is 24.5. The molecular weight excluding hydrogens is 211 g/mol. The minimum Gasteiger partial charge on any atom is -0.403 e. The van der Waals surface area contributed by atoms with E-state index in [0.29, 0.717) is 5.82 Å². The first-order chi connectivity index (χ1) is 7.84. The molecule has 1 rings (SSSR count). The second-order valence-corrected chi connectivity index (χ2v) is 5.96. The Morgan fingerprint density at radius 3 is 2.06 bits per heavy atom. The summed E-state index contributed by atoms with van der Waals surface area (Å²) in [6, 6.07) is 0. The molecule has 0 amide bonds. The van der Waals surface area contributed by atoms with Crippen LogP contribution in [0.15, 0.2) is 12.2 Å². The van der Waals surface area contributed by atoms with E-state index in [1.54, 1.807) is 0 Å². The molecule has 1 saturated heterocycles. The van der Waals surface area contributed by atoms with Crippen molar-refractivity contribution in [3.8, 4) is 0 Å². The third kappa shape index (κ3) is 3.35. The van der Waals surface area contributed by atoms with E-state index in [2.05, 4.69) is 53.7 Å². The van der Waals surface area contributed by atoms with Crippen LogP contribution in [0.1, 0.15) is 60.8 Å².